The number of nitriles is 3. The van der Waals surface area contributed by atoms with E-state index in [0.29, 0.717) is 5.57 Å². The first-order chi connectivity index (χ1) is 6.97. The quantitative estimate of drug-likeness (QED) is 0.552. The standard InChI is InChI=1S/C10H8N4O/c1-6-8(5-13)9(7(3-11)4-12)14-10(6,2)15/h14-15H,1-2H3. The van der Waals surface area contributed by atoms with Gasteiger partial charge in [-0.3, -0.25) is 0 Å². The molecule has 1 aliphatic rings. The van der Waals surface area contributed by atoms with Gasteiger partial charge in [-0.2, -0.15) is 15.8 Å². The lowest BCUT2D eigenvalue weighted by molar-refractivity contribution is 0.0816. The molecule has 0 bridgehead atoms. The van der Waals surface area contributed by atoms with Gasteiger partial charge in [-0.05, 0) is 19.4 Å². The lowest BCUT2D eigenvalue weighted by Crippen LogP contribution is -2.37. The predicted octanol–water partition coefficient (Wildman–Crippen LogP) is 0.439. The van der Waals surface area contributed by atoms with Crippen molar-refractivity contribution in [1.29, 1.82) is 15.8 Å². The van der Waals surface area contributed by atoms with Crippen LogP contribution >= 0.6 is 0 Å². The highest BCUT2D eigenvalue weighted by Gasteiger charge is 2.36. The molecule has 0 aromatic rings. The van der Waals surface area contributed by atoms with E-state index in [4.69, 9.17) is 15.8 Å². The van der Waals surface area contributed by atoms with Crippen LogP contribution in [0.25, 0.3) is 0 Å². The van der Waals surface area contributed by atoms with E-state index in [2.05, 4.69) is 5.32 Å². The van der Waals surface area contributed by atoms with Crippen LogP contribution in [0.15, 0.2) is 22.4 Å². The molecule has 1 rings (SSSR count). The Hall–Kier alpha value is -2.29. The Bertz CT molecular complexity index is 475. The van der Waals surface area contributed by atoms with Crippen LogP contribution in [0.5, 0.6) is 0 Å². The minimum Gasteiger partial charge on any atom is -0.367 e. The van der Waals surface area contributed by atoms with Crippen molar-refractivity contribution in [1.82, 2.24) is 5.32 Å². The summed E-state index contributed by atoms with van der Waals surface area (Å²) in [7, 11) is 0. The Morgan fingerprint density at radius 3 is 2.27 bits per heavy atom. The highest BCUT2D eigenvalue weighted by atomic mass is 16.3. The van der Waals surface area contributed by atoms with E-state index in [-0.39, 0.29) is 16.8 Å². The topological polar surface area (TPSA) is 104 Å². The van der Waals surface area contributed by atoms with E-state index < -0.39 is 5.72 Å². The maximum absolute atomic E-state index is 9.80. The van der Waals surface area contributed by atoms with Crippen molar-refractivity contribution >= 4 is 0 Å². The van der Waals surface area contributed by atoms with Crippen LogP contribution < -0.4 is 5.32 Å². The Balaban J connectivity index is 3.47. The van der Waals surface area contributed by atoms with E-state index in [9.17, 15) is 5.11 Å². The maximum Gasteiger partial charge on any atom is 0.156 e. The SMILES string of the molecule is CC1=C(C#N)C(=C(C#N)C#N)NC1(C)O. The van der Waals surface area contributed by atoms with Gasteiger partial charge >= 0.3 is 0 Å². The first-order valence-corrected chi connectivity index (χ1v) is 4.14. The summed E-state index contributed by atoms with van der Waals surface area (Å²) < 4.78 is 0. The van der Waals surface area contributed by atoms with Crippen molar-refractivity contribution in [3.63, 3.8) is 0 Å². The molecule has 0 radical (unpaired) electrons. The molecule has 0 aliphatic carbocycles. The summed E-state index contributed by atoms with van der Waals surface area (Å²) in [6.45, 7) is 3.03. The first-order valence-electron chi connectivity index (χ1n) is 4.14. The smallest absolute Gasteiger partial charge is 0.156 e. The second kappa shape index (κ2) is 3.46. The van der Waals surface area contributed by atoms with Gasteiger partial charge in [0.1, 0.15) is 18.2 Å². The maximum atomic E-state index is 9.80. The van der Waals surface area contributed by atoms with Crippen LogP contribution in [0.4, 0.5) is 0 Å². The molecule has 2 N–H and O–H groups in total. The molecule has 0 fully saturated rings. The normalized spacial score (nSPS) is 23.9. The number of hydrogen-bond donors (Lipinski definition) is 2. The molecule has 1 aliphatic heterocycles. The van der Waals surface area contributed by atoms with Crippen molar-refractivity contribution in [2.45, 2.75) is 19.6 Å². The summed E-state index contributed by atoms with van der Waals surface area (Å²) in [4.78, 5) is 0. The van der Waals surface area contributed by atoms with Crippen LogP contribution in [0, 0.1) is 34.0 Å². The van der Waals surface area contributed by atoms with E-state index in [0.717, 1.165) is 0 Å². The molecular formula is C10H8N4O. The molecule has 1 unspecified atom stereocenters. The Labute approximate surface area is 87.2 Å². The predicted molar refractivity (Wildman–Crippen MR) is 50.3 cm³/mol. The van der Waals surface area contributed by atoms with Gasteiger partial charge in [0, 0.05) is 0 Å². The molecule has 1 heterocycles. The lowest BCUT2D eigenvalue weighted by atomic mass is 10.0. The van der Waals surface area contributed by atoms with Crippen molar-refractivity contribution in [3.05, 3.63) is 22.4 Å². The molecule has 0 aromatic heterocycles. The van der Waals surface area contributed by atoms with E-state index in [1.54, 1.807) is 19.1 Å². The second-order valence-electron chi connectivity index (χ2n) is 3.28. The molecule has 5 nitrogen and oxygen atoms in total. The summed E-state index contributed by atoms with van der Waals surface area (Å²) in [5.41, 5.74) is -0.922. The van der Waals surface area contributed by atoms with Crippen molar-refractivity contribution in [2.75, 3.05) is 0 Å². The fourth-order valence-corrected chi connectivity index (χ4v) is 1.29. The molecule has 15 heavy (non-hydrogen) atoms. The highest BCUT2D eigenvalue weighted by molar-refractivity contribution is 5.59. The zero-order valence-electron chi connectivity index (χ0n) is 8.29. The fraction of sp³-hybridized carbons (Fsp3) is 0.300. The number of allylic oxidation sites excluding steroid dienone is 2. The van der Waals surface area contributed by atoms with Gasteiger partial charge in [0.25, 0.3) is 0 Å². The third kappa shape index (κ3) is 1.55. The van der Waals surface area contributed by atoms with Crippen LogP contribution in [0.3, 0.4) is 0 Å². The molecule has 74 valence electrons. The third-order valence-electron chi connectivity index (χ3n) is 2.31. The Kier molecular flexibility index (Phi) is 2.49. The average molecular weight is 200 g/mol. The van der Waals surface area contributed by atoms with Gasteiger partial charge < -0.3 is 10.4 Å². The van der Waals surface area contributed by atoms with Gasteiger partial charge in [-0.25, -0.2) is 0 Å². The van der Waals surface area contributed by atoms with E-state index in [1.807, 2.05) is 6.07 Å². The summed E-state index contributed by atoms with van der Waals surface area (Å²) in [6.07, 6.45) is 0. The summed E-state index contributed by atoms with van der Waals surface area (Å²) in [5.74, 6) is 0. The van der Waals surface area contributed by atoms with Gasteiger partial charge in [-0.1, -0.05) is 0 Å². The average Bonchev–Trinajstić information content (AvgIpc) is 2.40. The van der Waals surface area contributed by atoms with Crippen molar-refractivity contribution in [3.8, 4) is 18.2 Å². The summed E-state index contributed by atoms with van der Waals surface area (Å²) in [6, 6.07) is 5.22. The van der Waals surface area contributed by atoms with Gasteiger partial charge in [0.2, 0.25) is 0 Å². The number of rotatable bonds is 0. The Morgan fingerprint density at radius 2 is 1.87 bits per heavy atom. The molecule has 0 spiro atoms. The minimum atomic E-state index is -1.38. The van der Waals surface area contributed by atoms with E-state index >= 15 is 0 Å². The van der Waals surface area contributed by atoms with Crippen LogP contribution in [-0.4, -0.2) is 10.8 Å². The fourth-order valence-electron chi connectivity index (χ4n) is 1.29. The minimum absolute atomic E-state index is 0.102. The zero-order valence-corrected chi connectivity index (χ0v) is 8.29. The van der Waals surface area contributed by atoms with Gasteiger partial charge in [0.15, 0.2) is 11.3 Å². The molecule has 5 heteroatoms. The molecule has 0 aromatic carbocycles. The van der Waals surface area contributed by atoms with Gasteiger partial charge in [0.05, 0.1) is 11.3 Å². The number of hydrogen-bond acceptors (Lipinski definition) is 5. The van der Waals surface area contributed by atoms with E-state index in [1.165, 1.54) is 6.92 Å². The largest absolute Gasteiger partial charge is 0.367 e. The lowest BCUT2D eigenvalue weighted by Gasteiger charge is -2.19. The summed E-state index contributed by atoms with van der Waals surface area (Å²) in [5, 5.41) is 38.6. The molecule has 0 amide bonds. The summed E-state index contributed by atoms with van der Waals surface area (Å²) >= 11 is 0. The van der Waals surface area contributed by atoms with Crippen molar-refractivity contribution < 1.29 is 5.11 Å². The van der Waals surface area contributed by atoms with Crippen LogP contribution in [0.1, 0.15) is 13.8 Å². The third-order valence-corrected chi connectivity index (χ3v) is 2.31. The van der Waals surface area contributed by atoms with Crippen molar-refractivity contribution in [2.24, 2.45) is 0 Å². The number of aliphatic hydroxyl groups is 1. The van der Waals surface area contributed by atoms with Crippen LogP contribution in [-0.2, 0) is 0 Å². The number of nitrogens with one attached hydrogen (secondary N) is 1. The monoisotopic (exact) mass is 200 g/mol. The molecule has 1 atom stereocenters. The zero-order chi connectivity index (χ0) is 11.6. The highest BCUT2D eigenvalue weighted by Crippen LogP contribution is 2.31. The number of nitrogens with zero attached hydrogens (tertiary/aromatic N) is 3. The first kappa shape index (κ1) is 10.8. The molecule has 0 saturated carbocycles. The van der Waals surface area contributed by atoms with Gasteiger partial charge in [-0.15, -0.1) is 0 Å². The molecule has 0 saturated heterocycles. The Morgan fingerprint density at radius 1 is 1.33 bits per heavy atom. The van der Waals surface area contributed by atoms with Crippen LogP contribution in [0.2, 0.25) is 0 Å². The second-order valence-corrected chi connectivity index (χ2v) is 3.28. The molecular weight excluding hydrogens is 192 g/mol.